The summed E-state index contributed by atoms with van der Waals surface area (Å²) >= 11 is 0. The van der Waals surface area contributed by atoms with Gasteiger partial charge in [0.2, 0.25) is 0 Å². The monoisotopic (exact) mass is 260 g/mol. The smallest absolute Gasteiger partial charge is 0.274 e. The minimum Gasteiger partial charge on any atom is -0.375 e. The highest BCUT2D eigenvalue weighted by Crippen LogP contribution is 2.29. The van der Waals surface area contributed by atoms with Crippen LogP contribution in [0.2, 0.25) is 0 Å². The van der Waals surface area contributed by atoms with Crippen LogP contribution in [0.1, 0.15) is 29.9 Å². The predicted octanol–water partition coefficient (Wildman–Crippen LogP) is 3.11. The van der Waals surface area contributed by atoms with Crippen LogP contribution in [0.4, 0.5) is 11.4 Å². The third kappa shape index (κ3) is 2.57. The maximum Gasteiger partial charge on any atom is 0.274 e. The van der Waals surface area contributed by atoms with Crippen molar-refractivity contribution in [2.24, 2.45) is 0 Å². The Balaban J connectivity index is 2.30. The van der Waals surface area contributed by atoms with Crippen molar-refractivity contribution in [3.8, 4) is 0 Å². The first-order valence-corrected chi connectivity index (χ1v) is 6.02. The molecular weight excluding hydrogens is 244 g/mol. The molecule has 0 bridgehead atoms. The normalized spacial score (nSPS) is 12.2. The summed E-state index contributed by atoms with van der Waals surface area (Å²) in [5.74, 6) is 0. The van der Waals surface area contributed by atoms with Crippen molar-refractivity contribution in [2.45, 2.75) is 26.8 Å². The highest BCUT2D eigenvalue weighted by molar-refractivity contribution is 5.54. The van der Waals surface area contributed by atoms with Gasteiger partial charge in [0.1, 0.15) is 0 Å². The number of nitro benzene ring substituents is 1. The third-order valence-corrected chi connectivity index (χ3v) is 3.09. The number of anilines is 1. The van der Waals surface area contributed by atoms with E-state index in [1.54, 1.807) is 18.2 Å². The quantitative estimate of drug-likeness (QED) is 0.653. The van der Waals surface area contributed by atoms with Crippen LogP contribution in [0.5, 0.6) is 0 Å². The molecule has 100 valence electrons. The molecule has 0 saturated carbocycles. The van der Waals surface area contributed by atoms with E-state index in [0.29, 0.717) is 5.56 Å². The van der Waals surface area contributed by atoms with Gasteiger partial charge < -0.3 is 5.32 Å². The van der Waals surface area contributed by atoms with Gasteiger partial charge in [-0.3, -0.25) is 15.2 Å². The lowest BCUT2D eigenvalue weighted by Crippen LogP contribution is -2.10. The summed E-state index contributed by atoms with van der Waals surface area (Å²) < 4.78 is 0. The summed E-state index contributed by atoms with van der Waals surface area (Å²) in [6.45, 7) is 5.70. The Labute approximate surface area is 111 Å². The van der Waals surface area contributed by atoms with Crippen LogP contribution < -0.4 is 5.32 Å². The minimum atomic E-state index is -0.359. The largest absolute Gasteiger partial charge is 0.375 e. The molecule has 0 aliphatic carbocycles. The zero-order valence-electron chi connectivity index (χ0n) is 11.1. The number of H-pyrrole nitrogens is 1. The SMILES string of the molecule is Cc1n[nH]c(C)c1NC(C)c1ccccc1[N+](=O)[O-]. The molecule has 2 N–H and O–H groups in total. The van der Waals surface area contributed by atoms with E-state index >= 15 is 0 Å². The van der Waals surface area contributed by atoms with Gasteiger partial charge in [-0.15, -0.1) is 0 Å². The standard InChI is InChI=1S/C13H16N4O2/c1-8(14-13-9(2)15-16-10(13)3)11-6-4-5-7-12(11)17(18)19/h4-8,14H,1-3H3,(H,15,16). The molecule has 1 atom stereocenters. The number of nitro groups is 1. The van der Waals surface area contributed by atoms with E-state index < -0.39 is 0 Å². The van der Waals surface area contributed by atoms with Crippen LogP contribution in [-0.2, 0) is 0 Å². The Morgan fingerprint density at radius 1 is 1.37 bits per heavy atom. The maximum atomic E-state index is 11.0. The molecule has 1 unspecified atom stereocenters. The van der Waals surface area contributed by atoms with Crippen LogP contribution in [0.15, 0.2) is 24.3 Å². The number of benzene rings is 1. The van der Waals surface area contributed by atoms with Gasteiger partial charge in [0.05, 0.1) is 33.6 Å². The molecule has 19 heavy (non-hydrogen) atoms. The second-order valence-corrected chi connectivity index (χ2v) is 4.49. The zero-order chi connectivity index (χ0) is 14.0. The van der Waals surface area contributed by atoms with Crippen molar-refractivity contribution >= 4 is 11.4 Å². The maximum absolute atomic E-state index is 11.0. The second-order valence-electron chi connectivity index (χ2n) is 4.49. The Morgan fingerprint density at radius 3 is 2.63 bits per heavy atom. The molecule has 1 aromatic carbocycles. The summed E-state index contributed by atoms with van der Waals surface area (Å²) in [5.41, 5.74) is 3.45. The van der Waals surface area contributed by atoms with Crippen LogP contribution in [0, 0.1) is 24.0 Å². The number of aryl methyl sites for hydroxylation is 2. The van der Waals surface area contributed by atoms with Crippen molar-refractivity contribution in [3.05, 3.63) is 51.3 Å². The van der Waals surface area contributed by atoms with Gasteiger partial charge in [0, 0.05) is 6.07 Å². The number of rotatable bonds is 4. The number of hydrogen-bond donors (Lipinski definition) is 2. The van der Waals surface area contributed by atoms with Crippen molar-refractivity contribution in [1.82, 2.24) is 10.2 Å². The molecular formula is C13H16N4O2. The summed E-state index contributed by atoms with van der Waals surface area (Å²) in [6, 6.07) is 6.58. The first-order chi connectivity index (χ1) is 9.00. The van der Waals surface area contributed by atoms with Gasteiger partial charge in [0.15, 0.2) is 0 Å². The fourth-order valence-corrected chi connectivity index (χ4v) is 2.08. The van der Waals surface area contributed by atoms with Gasteiger partial charge in [-0.2, -0.15) is 5.10 Å². The first-order valence-electron chi connectivity index (χ1n) is 6.02. The van der Waals surface area contributed by atoms with E-state index in [0.717, 1.165) is 17.1 Å². The molecule has 0 saturated heterocycles. The number of hydrogen-bond acceptors (Lipinski definition) is 4. The van der Waals surface area contributed by atoms with Crippen LogP contribution in [-0.4, -0.2) is 15.1 Å². The lowest BCUT2D eigenvalue weighted by molar-refractivity contribution is -0.385. The summed E-state index contributed by atoms with van der Waals surface area (Å²) in [7, 11) is 0. The fraction of sp³-hybridized carbons (Fsp3) is 0.308. The topological polar surface area (TPSA) is 83.8 Å². The lowest BCUT2D eigenvalue weighted by atomic mass is 10.1. The molecule has 0 spiro atoms. The number of aromatic amines is 1. The highest BCUT2D eigenvalue weighted by atomic mass is 16.6. The van der Waals surface area contributed by atoms with Crippen molar-refractivity contribution in [3.63, 3.8) is 0 Å². The molecule has 6 heteroatoms. The Kier molecular flexibility index (Phi) is 3.50. The van der Waals surface area contributed by atoms with Crippen LogP contribution in [0.3, 0.4) is 0 Å². The molecule has 2 aromatic rings. The molecule has 1 heterocycles. The molecule has 0 radical (unpaired) electrons. The van der Waals surface area contributed by atoms with E-state index in [-0.39, 0.29) is 16.7 Å². The van der Waals surface area contributed by atoms with Crippen LogP contribution >= 0.6 is 0 Å². The van der Waals surface area contributed by atoms with Crippen molar-refractivity contribution in [1.29, 1.82) is 0 Å². The summed E-state index contributed by atoms with van der Waals surface area (Å²) in [5, 5.41) is 21.3. The predicted molar refractivity (Wildman–Crippen MR) is 73.2 cm³/mol. The molecule has 1 aromatic heterocycles. The summed E-state index contributed by atoms with van der Waals surface area (Å²) in [4.78, 5) is 10.7. The summed E-state index contributed by atoms with van der Waals surface area (Å²) in [6.07, 6.45) is 0. The Bertz CT molecular complexity index is 587. The van der Waals surface area contributed by atoms with Crippen molar-refractivity contribution < 1.29 is 4.92 Å². The van der Waals surface area contributed by atoms with E-state index in [2.05, 4.69) is 15.5 Å². The second kappa shape index (κ2) is 5.09. The number of nitrogens with one attached hydrogen (secondary N) is 2. The minimum absolute atomic E-state index is 0.126. The lowest BCUT2D eigenvalue weighted by Gasteiger charge is -2.15. The molecule has 2 rings (SSSR count). The van der Waals surface area contributed by atoms with Crippen molar-refractivity contribution in [2.75, 3.05) is 5.32 Å². The zero-order valence-corrected chi connectivity index (χ0v) is 11.1. The average Bonchev–Trinajstić information content (AvgIpc) is 2.70. The molecule has 0 fully saturated rings. The Morgan fingerprint density at radius 2 is 2.05 bits per heavy atom. The van der Waals surface area contributed by atoms with Crippen LogP contribution in [0.25, 0.3) is 0 Å². The fourth-order valence-electron chi connectivity index (χ4n) is 2.08. The van der Waals surface area contributed by atoms with E-state index in [1.165, 1.54) is 6.07 Å². The van der Waals surface area contributed by atoms with E-state index in [1.807, 2.05) is 20.8 Å². The van der Waals surface area contributed by atoms with Gasteiger partial charge in [-0.05, 0) is 20.8 Å². The number of para-hydroxylation sites is 1. The Hall–Kier alpha value is -2.37. The average molecular weight is 260 g/mol. The first kappa shape index (κ1) is 13.1. The highest BCUT2D eigenvalue weighted by Gasteiger charge is 2.19. The molecule has 0 aliphatic rings. The number of nitrogens with zero attached hydrogens (tertiary/aromatic N) is 2. The van der Waals surface area contributed by atoms with Gasteiger partial charge >= 0.3 is 0 Å². The molecule has 0 amide bonds. The van der Waals surface area contributed by atoms with Gasteiger partial charge in [-0.1, -0.05) is 18.2 Å². The molecule has 6 nitrogen and oxygen atoms in total. The van der Waals surface area contributed by atoms with Gasteiger partial charge in [0.25, 0.3) is 5.69 Å². The van der Waals surface area contributed by atoms with E-state index in [4.69, 9.17) is 0 Å². The molecule has 0 aliphatic heterocycles. The third-order valence-electron chi connectivity index (χ3n) is 3.09. The van der Waals surface area contributed by atoms with Gasteiger partial charge in [-0.25, -0.2) is 0 Å². The van der Waals surface area contributed by atoms with E-state index in [9.17, 15) is 10.1 Å². The number of aromatic nitrogens is 2.